The molecule has 1 aromatic heterocycles. The first-order valence-electron chi connectivity index (χ1n) is 6.00. The fraction of sp³-hybridized carbons (Fsp3) is 0.500. The van der Waals surface area contributed by atoms with E-state index in [1.807, 2.05) is 0 Å². The van der Waals surface area contributed by atoms with Crippen molar-refractivity contribution in [2.45, 2.75) is 38.4 Å². The second kappa shape index (κ2) is 5.22. The molecule has 1 heterocycles. The number of nitrogens with two attached hydrogens (primary N) is 1. The fourth-order valence-corrected chi connectivity index (χ4v) is 1.50. The monoisotopic (exact) mass is 251 g/mol. The number of nitrogens with one attached hydrogen (secondary N) is 2. The highest BCUT2D eigenvalue weighted by Crippen LogP contribution is 2.18. The first-order chi connectivity index (χ1) is 8.60. The first-order valence-corrected chi connectivity index (χ1v) is 6.00. The summed E-state index contributed by atoms with van der Waals surface area (Å²) in [5.74, 6) is 0.126. The molecule has 4 N–H and O–H groups in total. The van der Waals surface area contributed by atoms with E-state index in [-0.39, 0.29) is 24.3 Å². The van der Waals surface area contributed by atoms with Crippen LogP contribution in [0.1, 0.15) is 36.1 Å². The Morgan fingerprint density at radius 2 is 2.22 bits per heavy atom. The summed E-state index contributed by atoms with van der Waals surface area (Å²) < 4.78 is 5.20. The van der Waals surface area contributed by atoms with Gasteiger partial charge in [0.15, 0.2) is 5.76 Å². The van der Waals surface area contributed by atoms with E-state index in [0.717, 1.165) is 12.8 Å². The summed E-state index contributed by atoms with van der Waals surface area (Å²) in [6.45, 7) is 1.88. The summed E-state index contributed by atoms with van der Waals surface area (Å²) >= 11 is 0. The van der Waals surface area contributed by atoms with Gasteiger partial charge in [-0.2, -0.15) is 0 Å². The summed E-state index contributed by atoms with van der Waals surface area (Å²) in [6, 6.07) is 2.89. The van der Waals surface area contributed by atoms with Crippen LogP contribution in [-0.2, 0) is 11.3 Å². The number of hydrogen-bond acceptors (Lipinski definition) is 4. The van der Waals surface area contributed by atoms with Crippen LogP contribution in [0.2, 0.25) is 0 Å². The van der Waals surface area contributed by atoms with E-state index in [9.17, 15) is 9.59 Å². The number of furan rings is 1. The van der Waals surface area contributed by atoms with Crippen LogP contribution >= 0.6 is 0 Å². The van der Waals surface area contributed by atoms with E-state index in [4.69, 9.17) is 10.2 Å². The molecular formula is C12H17N3O3. The third-order valence-electron chi connectivity index (χ3n) is 2.75. The van der Waals surface area contributed by atoms with Gasteiger partial charge in [-0.15, -0.1) is 0 Å². The lowest BCUT2D eigenvalue weighted by Crippen LogP contribution is -2.45. The zero-order valence-corrected chi connectivity index (χ0v) is 10.2. The molecule has 1 aromatic rings. The standard InChI is InChI=1S/C12H17N3O3/c1-7(11(16)15-8-2-3-8)14-12(17)10-5-4-9(6-13)18-10/h4-5,7-8H,2-3,6,13H2,1H3,(H,14,17)(H,15,16). The molecule has 1 saturated carbocycles. The molecule has 0 bridgehead atoms. The van der Waals surface area contributed by atoms with Gasteiger partial charge in [0, 0.05) is 6.04 Å². The van der Waals surface area contributed by atoms with Crippen molar-refractivity contribution in [1.29, 1.82) is 0 Å². The highest BCUT2D eigenvalue weighted by atomic mass is 16.4. The number of carbonyl (C=O) groups excluding carboxylic acids is 2. The van der Waals surface area contributed by atoms with Crippen molar-refractivity contribution < 1.29 is 14.0 Å². The van der Waals surface area contributed by atoms with Crippen LogP contribution < -0.4 is 16.4 Å². The number of rotatable bonds is 5. The van der Waals surface area contributed by atoms with Gasteiger partial charge in [0.1, 0.15) is 11.8 Å². The minimum Gasteiger partial charge on any atom is -0.455 e. The molecule has 98 valence electrons. The van der Waals surface area contributed by atoms with Crippen molar-refractivity contribution in [1.82, 2.24) is 10.6 Å². The molecule has 1 aliphatic carbocycles. The molecule has 1 aliphatic rings. The van der Waals surface area contributed by atoms with Crippen molar-refractivity contribution in [2.24, 2.45) is 5.73 Å². The minimum absolute atomic E-state index is 0.168. The second-order valence-electron chi connectivity index (χ2n) is 4.45. The molecular weight excluding hydrogens is 234 g/mol. The summed E-state index contributed by atoms with van der Waals surface area (Å²) in [5.41, 5.74) is 5.38. The van der Waals surface area contributed by atoms with Crippen LogP contribution in [0.5, 0.6) is 0 Å². The largest absolute Gasteiger partial charge is 0.455 e. The molecule has 1 fully saturated rings. The van der Waals surface area contributed by atoms with Crippen molar-refractivity contribution >= 4 is 11.8 Å². The lowest BCUT2D eigenvalue weighted by Gasteiger charge is -2.12. The Morgan fingerprint density at radius 1 is 1.50 bits per heavy atom. The maximum Gasteiger partial charge on any atom is 0.287 e. The van der Waals surface area contributed by atoms with Crippen molar-refractivity contribution in [3.8, 4) is 0 Å². The first kappa shape index (κ1) is 12.6. The predicted molar refractivity (Wildman–Crippen MR) is 64.7 cm³/mol. The summed E-state index contributed by atoms with van der Waals surface area (Å²) in [4.78, 5) is 23.4. The van der Waals surface area contributed by atoms with Crippen molar-refractivity contribution in [2.75, 3.05) is 0 Å². The highest BCUT2D eigenvalue weighted by molar-refractivity contribution is 5.95. The van der Waals surface area contributed by atoms with E-state index in [1.54, 1.807) is 19.1 Å². The van der Waals surface area contributed by atoms with E-state index in [2.05, 4.69) is 10.6 Å². The number of amides is 2. The topological polar surface area (TPSA) is 97.4 Å². The maximum absolute atomic E-state index is 11.8. The normalized spacial score (nSPS) is 16.1. The van der Waals surface area contributed by atoms with E-state index < -0.39 is 11.9 Å². The van der Waals surface area contributed by atoms with E-state index >= 15 is 0 Å². The van der Waals surface area contributed by atoms with Crippen LogP contribution in [0.3, 0.4) is 0 Å². The van der Waals surface area contributed by atoms with Crippen LogP contribution in [0.15, 0.2) is 16.5 Å². The van der Waals surface area contributed by atoms with Crippen molar-refractivity contribution in [3.05, 3.63) is 23.7 Å². The maximum atomic E-state index is 11.8. The van der Waals surface area contributed by atoms with Crippen molar-refractivity contribution in [3.63, 3.8) is 0 Å². The van der Waals surface area contributed by atoms with Crippen LogP contribution in [-0.4, -0.2) is 23.9 Å². The smallest absolute Gasteiger partial charge is 0.287 e. The van der Waals surface area contributed by atoms with Crippen LogP contribution in [0.4, 0.5) is 0 Å². The van der Waals surface area contributed by atoms with E-state index in [0.29, 0.717) is 5.76 Å². The zero-order chi connectivity index (χ0) is 13.1. The van der Waals surface area contributed by atoms with Gasteiger partial charge in [0.25, 0.3) is 5.91 Å². The Labute approximate surface area is 105 Å². The Kier molecular flexibility index (Phi) is 3.66. The van der Waals surface area contributed by atoms with Crippen LogP contribution in [0.25, 0.3) is 0 Å². The molecule has 2 amide bonds. The van der Waals surface area contributed by atoms with Gasteiger partial charge in [-0.3, -0.25) is 9.59 Å². The molecule has 6 heteroatoms. The molecule has 1 unspecified atom stereocenters. The third kappa shape index (κ3) is 3.10. The molecule has 0 radical (unpaired) electrons. The number of hydrogen-bond donors (Lipinski definition) is 3. The Hall–Kier alpha value is -1.82. The SMILES string of the molecule is CC(NC(=O)c1ccc(CN)o1)C(=O)NC1CC1. The van der Waals surface area contributed by atoms with Gasteiger partial charge in [-0.25, -0.2) is 0 Å². The molecule has 0 saturated heterocycles. The molecule has 0 spiro atoms. The molecule has 1 atom stereocenters. The van der Waals surface area contributed by atoms with Gasteiger partial charge in [-0.05, 0) is 31.9 Å². The summed E-state index contributed by atoms with van der Waals surface area (Å²) in [7, 11) is 0. The van der Waals surface area contributed by atoms with Gasteiger partial charge < -0.3 is 20.8 Å². The summed E-state index contributed by atoms with van der Waals surface area (Å²) in [5, 5.41) is 5.40. The Morgan fingerprint density at radius 3 is 2.78 bits per heavy atom. The lowest BCUT2D eigenvalue weighted by atomic mass is 10.3. The Balaban J connectivity index is 1.87. The van der Waals surface area contributed by atoms with Gasteiger partial charge in [-0.1, -0.05) is 0 Å². The third-order valence-corrected chi connectivity index (χ3v) is 2.75. The van der Waals surface area contributed by atoms with Gasteiger partial charge >= 0.3 is 0 Å². The summed E-state index contributed by atoms with van der Waals surface area (Å²) in [6.07, 6.45) is 2.04. The lowest BCUT2D eigenvalue weighted by molar-refractivity contribution is -0.122. The quantitative estimate of drug-likeness (QED) is 0.693. The average Bonchev–Trinajstić information content (AvgIpc) is 3.03. The molecule has 2 rings (SSSR count). The molecule has 18 heavy (non-hydrogen) atoms. The van der Waals surface area contributed by atoms with E-state index in [1.165, 1.54) is 0 Å². The second-order valence-corrected chi connectivity index (χ2v) is 4.45. The Bertz CT molecular complexity index is 451. The predicted octanol–water partition coefficient (Wildman–Crippen LogP) is 0.135. The highest BCUT2D eigenvalue weighted by Gasteiger charge is 2.26. The zero-order valence-electron chi connectivity index (χ0n) is 10.2. The fourth-order valence-electron chi connectivity index (χ4n) is 1.50. The van der Waals surface area contributed by atoms with Gasteiger partial charge in [0.05, 0.1) is 6.54 Å². The number of carbonyl (C=O) groups is 2. The van der Waals surface area contributed by atoms with Crippen LogP contribution in [0, 0.1) is 0 Å². The average molecular weight is 251 g/mol. The van der Waals surface area contributed by atoms with Gasteiger partial charge in [0.2, 0.25) is 5.91 Å². The minimum atomic E-state index is -0.579. The molecule has 6 nitrogen and oxygen atoms in total. The molecule has 0 aliphatic heterocycles. The molecule has 0 aromatic carbocycles.